The van der Waals surface area contributed by atoms with Crippen molar-refractivity contribution in [2.45, 2.75) is 30.8 Å². The van der Waals surface area contributed by atoms with Crippen LogP contribution in [0, 0.1) is 0 Å². The minimum Gasteiger partial charge on any atom is -0.394 e. The van der Waals surface area contributed by atoms with Crippen LogP contribution in [0.1, 0.15) is 28.6 Å². The third kappa shape index (κ3) is 2.71. The number of aliphatic hydroxyl groups is 1. The van der Waals surface area contributed by atoms with Gasteiger partial charge in [0.15, 0.2) is 18.2 Å². The maximum Gasteiger partial charge on any atom is 0.284 e. The average molecular weight is 359 g/mol. The Hall–Kier alpha value is -2.59. The Balaban J connectivity index is 1.68. The molecule has 136 valence electrons. The van der Waals surface area contributed by atoms with Gasteiger partial charge in [-0.15, -0.1) is 0 Å². The van der Waals surface area contributed by atoms with E-state index in [4.69, 9.17) is 19.9 Å². The van der Waals surface area contributed by atoms with Crippen molar-refractivity contribution in [1.29, 1.82) is 0 Å². The smallest absolute Gasteiger partial charge is 0.284 e. The highest BCUT2D eigenvalue weighted by molar-refractivity contribution is 5.90. The van der Waals surface area contributed by atoms with Gasteiger partial charge in [-0.3, -0.25) is 14.2 Å². The number of carbonyl (C=O) groups excluding carboxylic acids is 1. The van der Waals surface area contributed by atoms with E-state index in [0.29, 0.717) is 0 Å². The van der Waals surface area contributed by atoms with Gasteiger partial charge in [-0.05, 0) is 0 Å². The third-order valence-electron chi connectivity index (χ3n) is 4.47. The Bertz CT molecular complexity index is 870. The second-order valence-corrected chi connectivity index (χ2v) is 6.04. The number of rotatable bonds is 4. The van der Waals surface area contributed by atoms with Gasteiger partial charge in [0.2, 0.25) is 0 Å². The summed E-state index contributed by atoms with van der Waals surface area (Å²) < 4.78 is 18.8. The molecule has 0 aliphatic carbocycles. The van der Waals surface area contributed by atoms with Gasteiger partial charge in [-0.25, -0.2) is 4.98 Å². The zero-order valence-corrected chi connectivity index (χ0v) is 13.6. The molecule has 3 heterocycles. The van der Waals surface area contributed by atoms with Gasteiger partial charge in [0.1, 0.15) is 18.3 Å². The number of primary amides is 1. The molecule has 0 radical (unpaired) electrons. The minimum absolute atomic E-state index is 0.301. The summed E-state index contributed by atoms with van der Waals surface area (Å²) >= 11 is 0. The number of aliphatic hydroxyl groups excluding tert-OH is 1. The van der Waals surface area contributed by atoms with Crippen LogP contribution in [-0.2, 0) is 14.2 Å². The van der Waals surface area contributed by atoms with Gasteiger partial charge < -0.3 is 25.1 Å². The molecular formula is C17H17N3O6. The standard InChI is InChI=1S/C17H17N3O6/c18-14(22)11-15(23)20(7-6-19-11)16-13-12(10(8-21)24-16)25-17(26-13)9-4-2-1-3-5-9/h1-7,10,12-13,16-17,21H,8H2,(H2,18,22). The number of benzene rings is 1. The Labute approximate surface area is 147 Å². The van der Waals surface area contributed by atoms with Crippen LogP contribution in [-0.4, -0.2) is 45.5 Å². The molecule has 2 aliphatic heterocycles. The number of carbonyl (C=O) groups is 1. The lowest BCUT2D eigenvalue weighted by atomic mass is 10.1. The van der Waals surface area contributed by atoms with Gasteiger partial charge in [0, 0.05) is 18.0 Å². The number of ether oxygens (including phenoxy) is 3. The molecule has 5 atom stereocenters. The Kier molecular flexibility index (Phi) is 4.29. The minimum atomic E-state index is -0.927. The Morgan fingerprint density at radius 2 is 1.92 bits per heavy atom. The van der Waals surface area contributed by atoms with Gasteiger partial charge >= 0.3 is 0 Å². The van der Waals surface area contributed by atoms with Gasteiger partial charge in [-0.2, -0.15) is 0 Å². The van der Waals surface area contributed by atoms with Crippen molar-refractivity contribution in [2.75, 3.05) is 6.61 Å². The normalized spacial score (nSPS) is 30.3. The molecule has 2 aromatic rings. The summed E-state index contributed by atoms with van der Waals surface area (Å²) in [5.74, 6) is -0.927. The molecule has 0 saturated carbocycles. The first-order chi connectivity index (χ1) is 12.6. The zero-order chi connectivity index (χ0) is 18.3. The maximum absolute atomic E-state index is 12.5. The van der Waals surface area contributed by atoms with Gasteiger partial charge in [0.05, 0.1) is 6.61 Å². The van der Waals surface area contributed by atoms with E-state index in [2.05, 4.69) is 4.98 Å². The van der Waals surface area contributed by atoms with E-state index in [-0.39, 0.29) is 6.61 Å². The molecule has 1 aromatic carbocycles. The van der Waals surface area contributed by atoms with E-state index in [1.54, 1.807) is 0 Å². The van der Waals surface area contributed by atoms with Crippen molar-refractivity contribution in [1.82, 2.24) is 9.55 Å². The summed E-state index contributed by atoms with van der Waals surface area (Å²) in [6.07, 6.45) is -0.716. The van der Waals surface area contributed by atoms with Crippen molar-refractivity contribution in [3.63, 3.8) is 0 Å². The van der Waals surface area contributed by atoms with Gasteiger partial charge in [-0.1, -0.05) is 30.3 Å². The van der Waals surface area contributed by atoms with E-state index in [9.17, 15) is 14.7 Å². The molecule has 2 saturated heterocycles. The maximum atomic E-state index is 12.5. The largest absolute Gasteiger partial charge is 0.394 e. The van der Waals surface area contributed by atoms with Crippen LogP contribution in [0.5, 0.6) is 0 Å². The number of hydrogen-bond acceptors (Lipinski definition) is 7. The van der Waals surface area contributed by atoms with Crippen LogP contribution in [0.25, 0.3) is 0 Å². The van der Waals surface area contributed by atoms with Crippen LogP contribution in [0.2, 0.25) is 0 Å². The Morgan fingerprint density at radius 1 is 1.19 bits per heavy atom. The predicted octanol–water partition coefficient (Wildman–Crippen LogP) is -0.285. The first-order valence-electron chi connectivity index (χ1n) is 8.09. The molecule has 3 N–H and O–H groups in total. The first kappa shape index (κ1) is 16.9. The van der Waals surface area contributed by atoms with Gasteiger partial charge in [0.25, 0.3) is 11.5 Å². The van der Waals surface area contributed by atoms with Crippen molar-refractivity contribution < 1.29 is 24.1 Å². The number of hydrogen-bond donors (Lipinski definition) is 2. The fraction of sp³-hybridized carbons (Fsp3) is 0.353. The van der Waals surface area contributed by atoms with Crippen molar-refractivity contribution in [3.05, 3.63) is 64.3 Å². The lowest BCUT2D eigenvalue weighted by Gasteiger charge is -2.21. The molecule has 1 amide bonds. The topological polar surface area (TPSA) is 126 Å². The van der Waals surface area contributed by atoms with E-state index in [0.717, 1.165) is 5.56 Å². The van der Waals surface area contributed by atoms with Crippen molar-refractivity contribution in [3.8, 4) is 0 Å². The predicted molar refractivity (Wildman–Crippen MR) is 86.9 cm³/mol. The van der Waals surface area contributed by atoms with E-state index >= 15 is 0 Å². The second-order valence-electron chi connectivity index (χ2n) is 6.04. The van der Waals surface area contributed by atoms with Crippen LogP contribution in [0.3, 0.4) is 0 Å². The number of aromatic nitrogens is 2. The molecule has 2 aliphatic rings. The summed E-state index contributed by atoms with van der Waals surface area (Å²) in [4.78, 5) is 27.6. The molecule has 9 nitrogen and oxygen atoms in total. The molecule has 26 heavy (non-hydrogen) atoms. The van der Waals surface area contributed by atoms with Crippen molar-refractivity contribution in [2.24, 2.45) is 5.73 Å². The SMILES string of the molecule is NC(=O)c1nccn(C2OC(CO)C3OC(c4ccccc4)OC32)c1=O. The molecule has 9 heteroatoms. The number of amides is 1. The monoisotopic (exact) mass is 359 g/mol. The zero-order valence-electron chi connectivity index (χ0n) is 13.6. The third-order valence-corrected chi connectivity index (χ3v) is 4.47. The number of nitrogens with zero attached hydrogens (tertiary/aromatic N) is 2. The lowest BCUT2D eigenvalue weighted by molar-refractivity contribution is -0.154. The highest BCUT2D eigenvalue weighted by Gasteiger charge is 2.53. The molecule has 0 spiro atoms. The molecule has 2 fully saturated rings. The molecule has 1 aromatic heterocycles. The fourth-order valence-electron chi connectivity index (χ4n) is 3.27. The summed E-state index contributed by atoms with van der Waals surface area (Å²) in [6.45, 7) is -0.301. The summed E-state index contributed by atoms with van der Waals surface area (Å²) in [6, 6.07) is 9.32. The number of fused-ring (bicyclic) bond motifs is 1. The number of nitrogens with two attached hydrogens (primary N) is 1. The van der Waals surface area contributed by atoms with E-state index < -0.39 is 48.0 Å². The van der Waals surface area contributed by atoms with Crippen LogP contribution in [0.4, 0.5) is 0 Å². The first-order valence-corrected chi connectivity index (χ1v) is 8.09. The second kappa shape index (κ2) is 6.61. The average Bonchev–Trinajstić information content (AvgIpc) is 3.22. The van der Waals surface area contributed by atoms with Crippen LogP contribution in [0.15, 0.2) is 47.5 Å². The quantitative estimate of drug-likeness (QED) is 0.768. The molecule has 4 rings (SSSR count). The fourth-order valence-corrected chi connectivity index (χ4v) is 3.27. The summed E-state index contributed by atoms with van der Waals surface area (Å²) in [5, 5.41) is 9.61. The highest BCUT2D eigenvalue weighted by Crippen LogP contribution is 2.43. The van der Waals surface area contributed by atoms with Crippen molar-refractivity contribution >= 4 is 5.91 Å². The summed E-state index contributed by atoms with van der Waals surface area (Å²) in [5.41, 5.74) is 4.93. The molecule has 5 unspecified atom stereocenters. The van der Waals surface area contributed by atoms with Crippen LogP contribution < -0.4 is 11.3 Å². The summed E-state index contributed by atoms with van der Waals surface area (Å²) in [7, 11) is 0. The molecular weight excluding hydrogens is 342 g/mol. The molecule has 0 bridgehead atoms. The van der Waals surface area contributed by atoms with Crippen LogP contribution >= 0.6 is 0 Å². The lowest BCUT2D eigenvalue weighted by Crippen LogP contribution is -2.37. The Morgan fingerprint density at radius 3 is 2.62 bits per heavy atom. The highest BCUT2D eigenvalue weighted by atomic mass is 16.8. The van der Waals surface area contributed by atoms with E-state index in [1.807, 2.05) is 30.3 Å². The van der Waals surface area contributed by atoms with E-state index in [1.165, 1.54) is 17.0 Å².